The molecule has 2 N–H and O–H groups in total. The summed E-state index contributed by atoms with van der Waals surface area (Å²) >= 11 is 0. The van der Waals surface area contributed by atoms with E-state index in [0.717, 1.165) is 19.6 Å². The molecule has 3 unspecified atom stereocenters. The first-order valence-corrected chi connectivity index (χ1v) is 8.64. The highest BCUT2D eigenvalue weighted by atomic mass is 35.5. The number of unbranched alkanes of at least 4 members (excludes halogenated alkanes) is 1. The Balaban J connectivity index is 0.00000400. The number of rotatable bonds is 9. The predicted octanol–water partition coefficient (Wildman–Crippen LogP) is 3.77. The molecule has 1 amide bonds. The molecule has 0 aliphatic carbocycles. The second-order valence-electron chi connectivity index (χ2n) is 6.51. The van der Waals surface area contributed by atoms with Crippen LogP contribution in [0.15, 0.2) is 0 Å². The van der Waals surface area contributed by atoms with Crippen molar-refractivity contribution >= 4 is 18.3 Å². The van der Waals surface area contributed by atoms with Gasteiger partial charge in [0.2, 0.25) is 5.91 Å². The number of carbonyl (C=O) groups is 1. The van der Waals surface area contributed by atoms with Crippen LogP contribution in [0.25, 0.3) is 0 Å². The lowest BCUT2D eigenvalue weighted by Gasteiger charge is -2.28. The van der Waals surface area contributed by atoms with Crippen LogP contribution in [0.5, 0.6) is 0 Å². The fourth-order valence-corrected chi connectivity index (χ4v) is 3.10. The van der Waals surface area contributed by atoms with Gasteiger partial charge in [0.15, 0.2) is 0 Å². The molecule has 0 aromatic rings. The van der Waals surface area contributed by atoms with Crippen molar-refractivity contribution in [3.8, 4) is 0 Å². The quantitative estimate of drug-likeness (QED) is 0.679. The fraction of sp³-hybridized carbons (Fsp3) is 0.941. The molecular formula is C17H35ClN2O. The summed E-state index contributed by atoms with van der Waals surface area (Å²) in [6.07, 6.45) is 8.16. The first-order valence-electron chi connectivity index (χ1n) is 8.64. The smallest absolute Gasteiger partial charge is 0.220 e. The minimum Gasteiger partial charge on any atom is -0.356 e. The van der Waals surface area contributed by atoms with E-state index in [9.17, 15) is 4.79 Å². The van der Waals surface area contributed by atoms with Crippen molar-refractivity contribution < 1.29 is 4.79 Å². The van der Waals surface area contributed by atoms with Gasteiger partial charge < -0.3 is 10.6 Å². The molecule has 0 aromatic carbocycles. The van der Waals surface area contributed by atoms with E-state index < -0.39 is 0 Å². The van der Waals surface area contributed by atoms with E-state index in [1.54, 1.807) is 0 Å². The van der Waals surface area contributed by atoms with Gasteiger partial charge >= 0.3 is 0 Å². The topological polar surface area (TPSA) is 41.1 Å². The maximum Gasteiger partial charge on any atom is 0.220 e. The minimum atomic E-state index is 0. The van der Waals surface area contributed by atoms with Crippen molar-refractivity contribution in [3.05, 3.63) is 0 Å². The maximum absolute atomic E-state index is 12.1. The summed E-state index contributed by atoms with van der Waals surface area (Å²) in [6, 6.07) is 0. The van der Waals surface area contributed by atoms with Crippen LogP contribution in [0.2, 0.25) is 0 Å². The van der Waals surface area contributed by atoms with Gasteiger partial charge in [-0.2, -0.15) is 0 Å². The molecule has 3 atom stereocenters. The Hall–Kier alpha value is -0.280. The summed E-state index contributed by atoms with van der Waals surface area (Å²) < 4.78 is 0. The van der Waals surface area contributed by atoms with Crippen molar-refractivity contribution in [2.24, 2.45) is 17.8 Å². The Bertz CT molecular complexity index is 268. The second-order valence-corrected chi connectivity index (χ2v) is 6.51. The lowest BCUT2D eigenvalue weighted by Crippen LogP contribution is -2.36. The van der Waals surface area contributed by atoms with Gasteiger partial charge in [0.05, 0.1) is 0 Å². The SMILES string of the molecule is CCCCC(CC)CNC(=O)CC(C)C1CCCNC1.Cl. The normalized spacial score (nSPS) is 21.2. The Morgan fingerprint density at radius 3 is 2.71 bits per heavy atom. The molecule has 0 spiro atoms. The molecule has 3 nitrogen and oxygen atoms in total. The number of hydrogen-bond donors (Lipinski definition) is 2. The molecule has 1 aliphatic rings. The highest BCUT2D eigenvalue weighted by molar-refractivity contribution is 5.85. The standard InChI is InChI=1S/C17H34N2O.ClH/c1-4-6-8-15(5-2)12-19-17(20)11-14(3)16-9-7-10-18-13-16;/h14-16,18H,4-13H2,1-3H3,(H,19,20);1H. The summed E-state index contributed by atoms with van der Waals surface area (Å²) in [5.41, 5.74) is 0. The van der Waals surface area contributed by atoms with Gasteiger partial charge in [-0.05, 0) is 50.1 Å². The van der Waals surface area contributed by atoms with Crippen LogP contribution < -0.4 is 10.6 Å². The van der Waals surface area contributed by atoms with Gasteiger partial charge in [-0.1, -0.05) is 40.0 Å². The third kappa shape index (κ3) is 8.67. The Morgan fingerprint density at radius 2 is 2.14 bits per heavy atom. The van der Waals surface area contributed by atoms with E-state index >= 15 is 0 Å². The molecular weight excluding hydrogens is 284 g/mol. The van der Waals surface area contributed by atoms with Gasteiger partial charge in [-0.25, -0.2) is 0 Å². The summed E-state index contributed by atoms with van der Waals surface area (Å²) in [6.45, 7) is 9.78. The van der Waals surface area contributed by atoms with Gasteiger partial charge in [0.25, 0.3) is 0 Å². The van der Waals surface area contributed by atoms with Crippen LogP contribution >= 0.6 is 12.4 Å². The van der Waals surface area contributed by atoms with Crippen molar-refractivity contribution in [3.63, 3.8) is 0 Å². The molecule has 0 saturated carbocycles. The van der Waals surface area contributed by atoms with Crippen molar-refractivity contribution in [2.45, 2.75) is 65.7 Å². The number of halogens is 1. The lowest BCUT2D eigenvalue weighted by atomic mass is 9.85. The maximum atomic E-state index is 12.1. The Morgan fingerprint density at radius 1 is 1.38 bits per heavy atom. The summed E-state index contributed by atoms with van der Waals surface area (Å²) in [4.78, 5) is 12.1. The third-order valence-corrected chi connectivity index (χ3v) is 4.78. The largest absolute Gasteiger partial charge is 0.356 e. The molecule has 1 fully saturated rings. The number of nitrogens with one attached hydrogen (secondary N) is 2. The Labute approximate surface area is 137 Å². The molecule has 0 bridgehead atoms. The van der Waals surface area contributed by atoms with Crippen LogP contribution in [0.4, 0.5) is 0 Å². The average Bonchev–Trinajstić information content (AvgIpc) is 2.48. The zero-order chi connectivity index (χ0) is 14.8. The average molecular weight is 319 g/mol. The van der Waals surface area contributed by atoms with Crippen molar-refractivity contribution in [1.29, 1.82) is 0 Å². The van der Waals surface area contributed by atoms with Gasteiger partial charge in [0, 0.05) is 13.0 Å². The molecule has 1 heterocycles. The highest BCUT2D eigenvalue weighted by Crippen LogP contribution is 2.22. The summed E-state index contributed by atoms with van der Waals surface area (Å²) in [7, 11) is 0. The fourth-order valence-electron chi connectivity index (χ4n) is 3.10. The number of hydrogen-bond acceptors (Lipinski definition) is 2. The molecule has 1 rings (SSSR count). The molecule has 0 radical (unpaired) electrons. The predicted molar refractivity (Wildman–Crippen MR) is 92.9 cm³/mol. The lowest BCUT2D eigenvalue weighted by molar-refractivity contribution is -0.122. The minimum absolute atomic E-state index is 0. The Kier molecular flexibility index (Phi) is 12.1. The highest BCUT2D eigenvalue weighted by Gasteiger charge is 2.22. The van der Waals surface area contributed by atoms with E-state index in [1.807, 2.05) is 0 Å². The van der Waals surface area contributed by atoms with Crippen LogP contribution in [0.1, 0.15) is 65.7 Å². The third-order valence-electron chi connectivity index (χ3n) is 4.78. The molecule has 126 valence electrons. The second kappa shape index (κ2) is 12.3. The zero-order valence-corrected chi connectivity index (χ0v) is 14.9. The number of piperidine rings is 1. The van der Waals surface area contributed by atoms with E-state index in [4.69, 9.17) is 0 Å². The monoisotopic (exact) mass is 318 g/mol. The molecule has 1 aliphatic heterocycles. The molecule has 4 heteroatoms. The van der Waals surface area contributed by atoms with Gasteiger partial charge in [0.1, 0.15) is 0 Å². The number of amides is 1. The van der Waals surface area contributed by atoms with E-state index in [-0.39, 0.29) is 18.3 Å². The molecule has 21 heavy (non-hydrogen) atoms. The van der Waals surface area contributed by atoms with E-state index in [2.05, 4.69) is 31.4 Å². The molecule has 0 aromatic heterocycles. The zero-order valence-electron chi connectivity index (χ0n) is 14.1. The van der Waals surface area contributed by atoms with Crippen molar-refractivity contribution in [2.75, 3.05) is 19.6 Å². The summed E-state index contributed by atoms with van der Waals surface area (Å²) in [5.74, 6) is 2.08. The van der Waals surface area contributed by atoms with Crippen LogP contribution in [0.3, 0.4) is 0 Å². The van der Waals surface area contributed by atoms with Crippen molar-refractivity contribution in [1.82, 2.24) is 10.6 Å². The van der Waals surface area contributed by atoms with E-state index in [0.29, 0.717) is 24.2 Å². The van der Waals surface area contributed by atoms with Gasteiger partial charge in [-0.3, -0.25) is 4.79 Å². The van der Waals surface area contributed by atoms with Gasteiger partial charge in [-0.15, -0.1) is 12.4 Å². The first-order chi connectivity index (χ1) is 9.67. The van der Waals surface area contributed by atoms with Crippen LogP contribution in [-0.4, -0.2) is 25.5 Å². The molecule has 1 saturated heterocycles. The number of carbonyl (C=O) groups excluding carboxylic acids is 1. The van der Waals surface area contributed by atoms with Crippen LogP contribution in [-0.2, 0) is 4.79 Å². The first kappa shape index (κ1) is 20.7. The van der Waals surface area contributed by atoms with E-state index in [1.165, 1.54) is 38.5 Å². The summed E-state index contributed by atoms with van der Waals surface area (Å²) in [5, 5.41) is 6.59. The van der Waals surface area contributed by atoms with Crippen LogP contribution in [0, 0.1) is 17.8 Å².